The van der Waals surface area contributed by atoms with Gasteiger partial charge >= 0.3 is 5.97 Å². The van der Waals surface area contributed by atoms with Crippen molar-refractivity contribution >= 4 is 11.9 Å². The highest BCUT2D eigenvalue weighted by atomic mass is 16.6. The van der Waals surface area contributed by atoms with Crippen LogP contribution in [-0.2, 0) is 25.6 Å². The molecular formula is C16H21NO4. The minimum atomic E-state index is -0.865. The van der Waals surface area contributed by atoms with Gasteiger partial charge < -0.3 is 14.8 Å². The zero-order valence-corrected chi connectivity index (χ0v) is 12.4. The van der Waals surface area contributed by atoms with Crippen molar-refractivity contribution in [1.82, 2.24) is 5.32 Å². The first-order chi connectivity index (χ1) is 10.0. The molecule has 114 valence electrons. The van der Waals surface area contributed by atoms with Crippen LogP contribution in [0.4, 0.5) is 0 Å². The molecule has 2 atom stereocenters. The van der Waals surface area contributed by atoms with Gasteiger partial charge in [-0.15, -0.1) is 6.58 Å². The maximum Gasteiger partial charge on any atom is 0.335 e. The average molecular weight is 291 g/mol. The van der Waals surface area contributed by atoms with Gasteiger partial charge in [0.05, 0.1) is 6.61 Å². The van der Waals surface area contributed by atoms with Gasteiger partial charge in [-0.3, -0.25) is 4.79 Å². The van der Waals surface area contributed by atoms with Gasteiger partial charge in [-0.25, -0.2) is 4.79 Å². The monoisotopic (exact) mass is 291 g/mol. The zero-order chi connectivity index (χ0) is 15.7. The lowest BCUT2D eigenvalue weighted by Gasteiger charge is -2.16. The second-order valence-corrected chi connectivity index (χ2v) is 4.55. The molecule has 0 radical (unpaired) electrons. The summed E-state index contributed by atoms with van der Waals surface area (Å²) in [4.78, 5) is 23.5. The summed E-state index contributed by atoms with van der Waals surface area (Å²) >= 11 is 0. The van der Waals surface area contributed by atoms with Crippen molar-refractivity contribution in [3.8, 4) is 0 Å². The SMILES string of the molecule is C=CCOC(C)C(=O)OC(C)C(=O)NCc1ccccc1. The van der Waals surface area contributed by atoms with Gasteiger partial charge in [0.2, 0.25) is 0 Å². The Balaban J connectivity index is 2.36. The third-order valence-electron chi connectivity index (χ3n) is 2.77. The van der Waals surface area contributed by atoms with Crippen LogP contribution in [0.2, 0.25) is 0 Å². The fourth-order valence-corrected chi connectivity index (χ4v) is 1.53. The van der Waals surface area contributed by atoms with E-state index in [1.54, 1.807) is 13.0 Å². The van der Waals surface area contributed by atoms with Crippen LogP contribution in [0.5, 0.6) is 0 Å². The number of nitrogens with one attached hydrogen (secondary N) is 1. The number of rotatable bonds is 8. The number of hydrogen-bond donors (Lipinski definition) is 1. The maximum absolute atomic E-state index is 11.8. The number of esters is 1. The molecule has 1 aromatic carbocycles. The first-order valence-electron chi connectivity index (χ1n) is 6.79. The summed E-state index contributed by atoms with van der Waals surface area (Å²) in [6, 6.07) is 9.50. The van der Waals surface area contributed by atoms with E-state index in [0.717, 1.165) is 5.56 Å². The molecule has 0 aliphatic carbocycles. The highest BCUT2D eigenvalue weighted by Gasteiger charge is 2.21. The van der Waals surface area contributed by atoms with E-state index in [1.807, 2.05) is 30.3 Å². The molecule has 0 bridgehead atoms. The predicted molar refractivity (Wildman–Crippen MR) is 79.5 cm³/mol. The Morgan fingerprint density at radius 3 is 2.52 bits per heavy atom. The maximum atomic E-state index is 11.8. The predicted octanol–water partition coefficient (Wildman–Crippen LogP) is 1.83. The summed E-state index contributed by atoms with van der Waals surface area (Å²) in [5.74, 6) is -0.915. The first kappa shape index (κ1) is 16.9. The van der Waals surface area contributed by atoms with Crippen LogP contribution in [-0.4, -0.2) is 30.7 Å². The molecule has 1 amide bonds. The Bertz CT molecular complexity index is 472. The fraction of sp³-hybridized carbons (Fsp3) is 0.375. The third-order valence-corrected chi connectivity index (χ3v) is 2.77. The lowest BCUT2D eigenvalue weighted by molar-refractivity contribution is -0.164. The van der Waals surface area contributed by atoms with E-state index in [-0.39, 0.29) is 12.5 Å². The first-order valence-corrected chi connectivity index (χ1v) is 6.79. The van der Waals surface area contributed by atoms with Crippen molar-refractivity contribution in [2.24, 2.45) is 0 Å². The molecule has 0 aliphatic heterocycles. The molecule has 0 saturated heterocycles. The molecule has 2 unspecified atom stereocenters. The molecule has 0 aromatic heterocycles. The average Bonchev–Trinajstić information content (AvgIpc) is 2.50. The zero-order valence-electron chi connectivity index (χ0n) is 12.4. The van der Waals surface area contributed by atoms with Gasteiger partial charge in [0, 0.05) is 6.54 Å². The third kappa shape index (κ3) is 6.23. The van der Waals surface area contributed by atoms with Gasteiger partial charge in [0.25, 0.3) is 5.91 Å². The van der Waals surface area contributed by atoms with E-state index in [9.17, 15) is 9.59 Å². The smallest absolute Gasteiger partial charge is 0.335 e. The Labute approximate surface area is 124 Å². The van der Waals surface area contributed by atoms with Crippen molar-refractivity contribution in [3.05, 3.63) is 48.6 Å². The lowest BCUT2D eigenvalue weighted by Crippen LogP contribution is -2.37. The van der Waals surface area contributed by atoms with Crippen molar-refractivity contribution in [2.75, 3.05) is 6.61 Å². The summed E-state index contributed by atoms with van der Waals surface area (Å²) in [7, 11) is 0. The van der Waals surface area contributed by atoms with Gasteiger partial charge in [-0.2, -0.15) is 0 Å². The Hall–Kier alpha value is -2.14. The molecule has 1 N–H and O–H groups in total. The van der Waals surface area contributed by atoms with Gasteiger partial charge in [-0.1, -0.05) is 36.4 Å². The van der Waals surface area contributed by atoms with Crippen LogP contribution < -0.4 is 5.32 Å². The summed E-state index contributed by atoms with van der Waals surface area (Å²) in [5.41, 5.74) is 0.979. The van der Waals surface area contributed by atoms with Crippen molar-refractivity contribution < 1.29 is 19.1 Å². The number of carbonyl (C=O) groups excluding carboxylic acids is 2. The van der Waals surface area contributed by atoms with Gasteiger partial charge in [-0.05, 0) is 19.4 Å². The minimum Gasteiger partial charge on any atom is -0.451 e. The van der Waals surface area contributed by atoms with Crippen LogP contribution in [0.25, 0.3) is 0 Å². The van der Waals surface area contributed by atoms with E-state index < -0.39 is 18.2 Å². The minimum absolute atomic E-state index is 0.255. The molecule has 0 heterocycles. The van der Waals surface area contributed by atoms with Crippen molar-refractivity contribution in [2.45, 2.75) is 32.6 Å². The number of amides is 1. The number of carbonyl (C=O) groups is 2. The number of ether oxygens (including phenoxy) is 2. The molecule has 1 rings (SSSR count). The molecule has 5 heteroatoms. The molecule has 0 fully saturated rings. The van der Waals surface area contributed by atoms with Crippen LogP contribution in [0.1, 0.15) is 19.4 Å². The van der Waals surface area contributed by atoms with E-state index in [4.69, 9.17) is 9.47 Å². The number of benzene rings is 1. The van der Waals surface area contributed by atoms with E-state index in [1.165, 1.54) is 6.92 Å². The topological polar surface area (TPSA) is 64.6 Å². The van der Waals surface area contributed by atoms with Gasteiger partial charge in [0.15, 0.2) is 12.2 Å². The van der Waals surface area contributed by atoms with E-state index in [2.05, 4.69) is 11.9 Å². The van der Waals surface area contributed by atoms with Crippen molar-refractivity contribution in [1.29, 1.82) is 0 Å². The lowest BCUT2D eigenvalue weighted by atomic mass is 10.2. The Kier molecular flexibility index (Phi) is 7.18. The van der Waals surface area contributed by atoms with E-state index >= 15 is 0 Å². The molecule has 0 saturated carbocycles. The summed E-state index contributed by atoms with van der Waals surface area (Å²) in [6.45, 7) is 7.24. The largest absolute Gasteiger partial charge is 0.451 e. The van der Waals surface area contributed by atoms with Crippen LogP contribution in [0.15, 0.2) is 43.0 Å². The summed E-state index contributed by atoms with van der Waals surface area (Å²) in [6.07, 6.45) is -0.0527. The van der Waals surface area contributed by atoms with Gasteiger partial charge in [0.1, 0.15) is 0 Å². The van der Waals surface area contributed by atoms with E-state index in [0.29, 0.717) is 6.54 Å². The second kappa shape index (κ2) is 8.92. The second-order valence-electron chi connectivity index (χ2n) is 4.55. The van der Waals surface area contributed by atoms with Crippen LogP contribution in [0.3, 0.4) is 0 Å². The Morgan fingerprint density at radius 2 is 1.90 bits per heavy atom. The highest BCUT2D eigenvalue weighted by Crippen LogP contribution is 2.01. The highest BCUT2D eigenvalue weighted by molar-refractivity contribution is 5.84. The Morgan fingerprint density at radius 1 is 1.24 bits per heavy atom. The molecule has 0 spiro atoms. The molecule has 21 heavy (non-hydrogen) atoms. The van der Waals surface area contributed by atoms with Crippen LogP contribution >= 0.6 is 0 Å². The number of hydrogen-bond acceptors (Lipinski definition) is 4. The van der Waals surface area contributed by atoms with Crippen molar-refractivity contribution in [3.63, 3.8) is 0 Å². The molecule has 1 aromatic rings. The molecule has 0 aliphatic rings. The van der Waals surface area contributed by atoms with Crippen LogP contribution in [0, 0.1) is 0 Å². The summed E-state index contributed by atoms with van der Waals surface area (Å²) in [5, 5.41) is 2.71. The standard InChI is InChI=1S/C16H21NO4/c1-4-10-20-13(3)16(19)21-12(2)15(18)17-11-14-8-6-5-7-9-14/h4-9,12-13H,1,10-11H2,2-3H3,(H,17,18). The quantitative estimate of drug-likeness (QED) is 0.586. The molecule has 5 nitrogen and oxygen atoms in total. The molecular weight excluding hydrogens is 270 g/mol. The summed E-state index contributed by atoms with van der Waals surface area (Å²) < 4.78 is 10.2. The fourth-order valence-electron chi connectivity index (χ4n) is 1.53. The normalized spacial score (nSPS) is 13.0.